The van der Waals surface area contributed by atoms with Gasteiger partial charge < -0.3 is 0 Å². The first-order valence-corrected chi connectivity index (χ1v) is 14.6. The maximum absolute atomic E-state index is 13.9. The van der Waals surface area contributed by atoms with Gasteiger partial charge in [-0.25, -0.2) is 13.4 Å². The number of rotatable bonds is 6. The van der Waals surface area contributed by atoms with Crippen LogP contribution in [0.25, 0.3) is 10.2 Å². The molecule has 4 aromatic rings. The van der Waals surface area contributed by atoms with E-state index in [1.807, 2.05) is 38.1 Å². The number of carbonyl (C=O) groups excluding carboxylic acids is 1. The summed E-state index contributed by atoms with van der Waals surface area (Å²) in [7, 11) is -3.59. The lowest BCUT2D eigenvalue weighted by molar-refractivity contribution is -0.123. The molecule has 3 heterocycles. The molecule has 0 spiro atoms. The van der Waals surface area contributed by atoms with Gasteiger partial charge in [0.2, 0.25) is 15.9 Å². The second-order valence-corrected chi connectivity index (χ2v) is 12.6. The van der Waals surface area contributed by atoms with Crippen molar-refractivity contribution in [3.63, 3.8) is 0 Å². The minimum absolute atomic E-state index is 0.0357. The SMILES string of the molecule is Cc1ccc(S(=O)(=O)N2CCC(C(=O)N(Cc3ccccn3)c3nc4cc(C)cc(C)c4s3)CC2)cc1. The van der Waals surface area contributed by atoms with E-state index in [1.165, 1.54) is 15.6 Å². The molecule has 1 fully saturated rings. The Morgan fingerprint density at radius 3 is 2.43 bits per heavy atom. The molecular formula is C28H30N4O3S2. The molecule has 0 saturated carbocycles. The molecule has 9 heteroatoms. The largest absolute Gasteiger partial charge is 0.282 e. The molecule has 2 aromatic carbocycles. The summed E-state index contributed by atoms with van der Waals surface area (Å²) in [4.78, 5) is 25.2. The Balaban J connectivity index is 1.39. The number of amides is 1. The molecular weight excluding hydrogens is 504 g/mol. The van der Waals surface area contributed by atoms with Crippen LogP contribution in [0.15, 0.2) is 65.7 Å². The van der Waals surface area contributed by atoms with Gasteiger partial charge in [0.05, 0.1) is 27.4 Å². The van der Waals surface area contributed by atoms with Gasteiger partial charge in [0.1, 0.15) is 0 Å². The fraction of sp³-hybridized carbons (Fsp3) is 0.321. The molecule has 5 rings (SSSR count). The van der Waals surface area contributed by atoms with Crippen LogP contribution in [0.1, 0.15) is 35.2 Å². The topological polar surface area (TPSA) is 83.5 Å². The lowest BCUT2D eigenvalue weighted by Crippen LogP contribution is -2.44. The van der Waals surface area contributed by atoms with E-state index in [9.17, 15) is 13.2 Å². The summed E-state index contributed by atoms with van der Waals surface area (Å²) >= 11 is 1.52. The average molecular weight is 535 g/mol. The molecule has 37 heavy (non-hydrogen) atoms. The second-order valence-electron chi connectivity index (χ2n) is 9.66. The number of sulfonamides is 1. The smallest absolute Gasteiger partial charge is 0.243 e. The molecule has 1 amide bonds. The first-order chi connectivity index (χ1) is 17.7. The van der Waals surface area contributed by atoms with Gasteiger partial charge in [0.15, 0.2) is 5.13 Å². The van der Waals surface area contributed by atoms with Crippen LogP contribution in [0.2, 0.25) is 0 Å². The number of aromatic nitrogens is 2. The molecule has 1 aliphatic rings. The van der Waals surface area contributed by atoms with Crippen LogP contribution in [-0.4, -0.2) is 41.7 Å². The van der Waals surface area contributed by atoms with Crippen molar-refractivity contribution in [3.05, 3.63) is 83.2 Å². The van der Waals surface area contributed by atoms with Crippen LogP contribution in [0, 0.1) is 26.7 Å². The predicted octanol–water partition coefficient (Wildman–Crippen LogP) is 5.25. The van der Waals surface area contributed by atoms with Gasteiger partial charge in [-0.1, -0.05) is 41.2 Å². The Kier molecular flexibility index (Phi) is 7.11. The monoisotopic (exact) mass is 534 g/mol. The molecule has 0 bridgehead atoms. The number of benzene rings is 2. The summed E-state index contributed by atoms with van der Waals surface area (Å²) in [5.41, 5.74) is 4.94. The van der Waals surface area contributed by atoms with Crippen LogP contribution < -0.4 is 4.90 Å². The zero-order valence-electron chi connectivity index (χ0n) is 21.2. The number of thiazole rings is 1. The summed E-state index contributed by atoms with van der Waals surface area (Å²) in [6.45, 7) is 6.97. The maximum Gasteiger partial charge on any atom is 0.243 e. The fourth-order valence-electron chi connectivity index (χ4n) is 4.80. The Morgan fingerprint density at radius 2 is 1.76 bits per heavy atom. The van der Waals surface area contributed by atoms with Crippen LogP contribution >= 0.6 is 11.3 Å². The van der Waals surface area contributed by atoms with E-state index in [0.717, 1.165) is 32.6 Å². The van der Waals surface area contributed by atoms with E-state index in [2.05, 4.69) is 18.0 Å². The van der Waals surface area contributed by atoms with Crippen LogP contribution in [0.4, 0.5) is 5.13 Å². The number of anilines is 1. The zero-order chi connectivity index (χ0) is 26.2. The average Bonchev–Trinajstić information content (AvgIpc) is 3.32. The number of piperidine rings is 1. The van der Waals surface area contributed by atoms with Crippen LogP contribution in [-0.2, 0) is 21.4 Å². The number of aryl methyl sites for hydroxylation is 3. The summed E-state index contributed by atoms with van der Waals surface area (Å²) < 4.78 is 28.9. The second kappa shape index (κ2) is 10.3. The quantitative estimate of drug-likeness (QED) is 0.337. The zero-order valence-corrected chi connectivity index (χ0v) is 22.8. The van der Waals surface area contributed by atoms with Crippen molar-refractivity contribution < 1.29 is 13.2 Å². The Hall–Kier alpha value is -3.14. The number of fused-ring (bicyclic) bond motifs is 1. The third-order valence-corrected chi connectivity index (χ3v) is 9.96. The highest BCUT2D eigenvalue weighted by Crippen LogP contribution is 2.35. The van der Waals surface area contributed by atoms with Crippen molar-refractivity contribution in [1.29, 1.82) is 0 Å². The predicted molar refractivity (Wildman–Crippen MR) is 147 cm³/mol. The normalized spacial score (nSPS) is 15.2. The highest BCUT2D eigenvalue weighted by molar-refractivity contribution is 7.89. The number of nitrogens with zero attached hydrogens (tertiary/aromatic N) is 4. The first kappa shape index (κ1) is 25.5. The highest BCUT2D eigenvalue weighted by atomic mass is 32.2. The third kappa shape index (κ3) is 5.30. The highest BCUT2D eigenvalue weighted by Gasteiger charge is 2.35. The van der Waals surface area contributed by atoms with Gasteiger partial charge in [0, 0.05) is 25.2 Å². The lowest BCUT2D eigenvalue weighted by atomic mass is 9.96. The van der Waals surface area contributed by atoms with Gasteiger partial charge in [-0.15, -0.1) is 0 Å². The molecule has 0 atom stereocenters. The Morgan fingerprint density at radius 1 is 1.03 bits per heavy atom. The van der Waals surface area contributed by atoms with Gasteiger partial charge >= 0.3 is 0 Å². The number of carbonyl (C=O) groups is 1. The standard InChI is InChI=1S/C28H30N4O3S2/c1-19-7-9-24(10-8-19)37(34,35)31-14-11-22(12-15-31)27(33)32(18-23-6-4-5-13-29-23)28-30-25-17-20(2)16-21(3)26(25)36-28/h4-10,13,16-17,22H,11-12,14-15,18H2,1-3H3. The summed E-state index contributed by atoms with van der Waals surface area (Å²) in [6, 6.07) is 16.7. The minimum atomic E-state index is -3.59. The molecule has 2 aromatic heterocycles. The third-order valence-electron chi connectivity index (χ3n) is 6.81. The van der Waals surface area contributed by atoms with E-state index in [1.54, 1.807) is 35.4 Å². The van der Waals surface area contributed by atoms with E-state index >= 15 is 0 Å². The van der Waals surface area contributed by atoms with E-state index in [4.69, 9.17) is 4.98 Å². The van der Waals surface area contributed by atoms with Crippen LogP contribution in [0.3, 0.4) is 0 Å². The molecule has 0 aliphatic carbocycles. The van der Waals surface area contributed by atoms with Gasteiger partial charge in [-0.05, 0) is 75.1 Å². The molecule has 0 radical (unpaired) electrons. The maximum atomic E-state index is 13.9. The lowest BCUT2D eigenvalue weighted by Gasteiger charge is -2.33. The number of pyridine rings is 1. The molecule has 192 valence electrons. The Bertz CT molecular complexity index is 1530. The van der Waals surface area contributed by atoms with E-state index in [-0.39, 0.29) is 11.8 Å². The van der Waals surface area contributed by atoms with Crippen LogP contribution in [0.5, 0.6) is 0 Å². The van der Waals surface area contributed by atoms with E-state index in [0.29, 0.717) is 42.5 Å². The van der Waals surface area contributed by atoms with Crippen molar-refractivity contribution >= 4 is 42.6 Å². The minimum Gasteiger partial charge on any atom is -0.282 e. The Labute approximate surface area is 221 Å². The summed E-state index contributed by atoms with van der Waals surface area (Å²) in [5.74, 6) is -0.325. The van der Waals surface area contributed by atoms with Gasteiger partial charge in [-0.3, -0.25) is 14.7 Å². The molecule has 0 unspecified atom stereocenters. The molecule has 0 N–H and O–H groups in total. The van der Waals surface area contributed by atoms with Gasteiger partial charge in [-0.2, -0.15) is 4.31 Å². The summed E-state index contributed by atoms with van der Waals surface area (Å²) in [6.07, 6.45) is 2.65. The van der Waals surface area contributed by atoms with Crippen molar-refractivity contribution in [2.24, 2.45) is 5.92 Å². The van der Waals surface area contributed by atoms with Crippen molar-refractivity contribution in [2.45, 2.75) is 45.1 Å². The van der Waals surface area contributed by atoms with Crippen molar-refractivity contribution in [2.75, 3.05) is 18.0 Å². The van der Waals surface area contributed by atoms with Crippen molar-refractivity contribution in [1.82, 2.24) is 14.3 Å². The van der Waals surface area contributed by atoms with Gasteiger partial charge in [0.25, 0.3) is 0 Å². The molecule has 1 saturated heterocycles. The van der Waals surface area contributed by atoms with E-state index < -0.39 is 10.0 Å². The van der Waals surface area contributed by atoms with Crippen molar-refractivity contribution in [3.8, 4) is 0 Å². The molecule has 1 aliphatic heterocycles. The number of hydrogen-bond acceptors (Lipinski definition) is 6. The first-order valence-electron chi connectivity index (χ1n) is 12.4. The summed E-state index contributed by atoms with van der Waals surface area (Å²) in [5, 5.41) is 0.647. The molecule has 7 nitrogen and oxygen atoms in total. The number of hydrogen-bond donors (Lipinski definition) is 0. The fourth-order valence-corrected chi connectivity index (χ4v) is 7.29.